The quantitative estimate of drug-likeness (QED) is 0.442. The third-order valence-electron chi connectivity index (χ3n) is 3.31. The number of nitrogens with zero attached hydrogens (tertiary/aromatic N) is 2. The van der Waals surface area contributed by atoms with Crippen LogP contribution in [0.3, 0.4) is 0 Å². The van der Waals surface area contributed by atoms with Crippen molar-refractivity contribution in [1.29, 1.82) is 0 Å². The molecule has 0 spiro atoms. The van der Waals surface area contributed by atoms with Crippen molar-refractivity contribution in [3.63, 3.8) is 0 Å². The Morgan fingerprint density at radius 3 is 2.38 bits per heavy atom. The summed E-state index contributed by atoms with van der Waals surface area (Å²) in [5.74, 6) is 0. The Labute approximate surface area is 166 Å². The number of rotatable bonds is 3. The van der Waals surface area contributed by atoms with E-state index in [0.717, 1.165) is 5.52 Å². The molecule has 0 N–H and O–H groups in total. The molecule has 0 radical (unpaired) electrons. The average Bonchev–Trinajstić information content (AvgIpc) is 2.87. The number of aromatic nitrogens is 2. The monoisotopic (exact) mass is 324 g/mol. The van der Waals surface area contributed by atoms with Crippen LogP contribution in [0.1, 0.15) is 6.92 Å². The van der Waals surface area contributed by atoms with Crippen LogP contribution in [0, 0.1) is 0 Å². The summed E-state index contributed by atoms with van der Waals surface area (Å²) in [6, 6.07) is 15.9. The molecule has 3 rings (SSSR count). The molecule has 1 atom stereocenters. The van der Waals surface area contributed by atoms with Gasteiger partial charge in [-0.05, 0) is 19.1 Å². The number of hydrogen-bond donors (Lipinski definition) is 0. The van der Waals surface area contributed by atoms with Crippen LogP contribution in [0.4, 0.5) is 0 Å². The fourth-order valence-electron chi connectivity index (χ4n) is 2.34. The van der Waals surface area contributed by atoms with Crippen molar-refractivity contribution in [3.8, 4) is 0 Å². The van der Waals surface area contributed by atoms with Crippen molar-refractivity contribution >= 4 is 29.3 Å². The van der Waals surface area contributed by atoms with E-state index >= 15 is 0 Å². The maximum Gasteiger partial charge on any atom is 1.00 e. The Balaban J connectivity index is 0.00000161. The number of imidazole rings is 1. The normalized spacial score (nSPS) is 13.6. The topological polar surface area (TPSA) is 58.0 Å². The van der Waals surface area contributed by atoms with E-state index in [0.29, 0.717) is 17.4 Å². The first-order chi connectivity index (χ1) is 9.64. The van der Waals surface area contributed by atoms with E-state index in [2.05, 4.69) is 4.98 Å². The van der Waals surface area contributed by atoms with E-state index in [-0.39, 0.29) is 57.0 Å². The van der Waals surface area contributed by atoms with E-state index in [4.69, 9.17) is 0 Å². The van der Waals surface area contributed by atoms with Crippen molar-refractivity contribution < 1.29 is 60.8 Å². The van der Waals surface area contributed by atoms with Gasteiger partial charge in [0, 0.05) is 11.8 Å². The Bertz CT molecular complexity index is 802. The van der Waals surface area contributed by atoms with E-state index in [1.807, 2.05) is 31.2 Å². The maximum absolute atomic E-state index is 12.7. The molecule has 1 unspecified atom stereocenters. The smallest absolute Gasteiger partial charge is 0.790 e. The van der Waals surface area contributed by atoms with E-state index in [1.165, 1.54) is 0 Å². The minimum absolute atomic E-state index is 0. The van der Waals surface area contributed by atoms with Crippen LogP contribution in [0.15, 0.2) is 54.6 Å². The molecule has 0 amide bonds. The summed E-state index contributed by atoms with van der Waals surface area (Å²) in [7, 11) is -3.92. The van der Waals surface area contributed by atoms with Gasteiger partial charge in [0.2, 0.25) is 0 Å². The number of benzene rings is 2. The van der Waals surface area contributed by atoms with Crippen LogP contribution < -0.4 is 67.1 Å². The van der Waals surface area contributed by atoms with Gasteiger partial charge in [-0.1, -0.05) is 42.5 Å². The molecule has 1 heterocycles. The number of para-hydroxylation sites is 2. The van der Waals surface area contributed by atoms with Gasteiger partial charge >= 0.3 is 51.4 Å². The third kappa shape index (κ3) is 3.10. The largest absolute Gasteiger partial charge is 1.00 e. The summed E-state index contributed by atoms with van der Waals surface area (Å²) in [5, 5.41) is 0.296. The molecule has 4 nitrogen and oxygen atoms in total. The Hall–Kier alpha value is -0.264. The van der Waals surface area contributed by atoms with Crippen molar-refractivity contribution in [1.82, 2.24) is 9.55 Å². The van der Waals surface area contributed by atoms with Gasteiger partial charge in [-0.3, -0.25) is 0 Å². The predicted octanol–water partition coefficient (Wildman–Crippen LogP) is -1.35. The standard InChI is InChI=1S/C15H15N2O2P.K/c1-2-17-14-11-7-6-10-13(14)16-15(17)20(18,19)12-8-4-3-5-9-12;/h3-11H,2H2,1H3,(H,18,19);/q;+1/p-1. The number of fused-ring (bicyclic) bond motifs is 1. The van der Waals surface area contributed by atoms with Gasteiger partial charge in [0.15, 0.2) is 5.57 Å². The molecule has 0 aliphatic carbocycles. The first-order valence-corrected chi connectivity index (χ1v) is 8.09. The summed E-state index contributed by atoms with van der Waals surface area (Å²) in [5.41, 5.74) is 1.68. The number of aryl methyl sites for hydroxylation is 1. The van der Waals surface area contributed by atoms with Gasteiger partial charge in [0.05, 0.1) is 11.0 Å². The van der Waals surface area contributed by atoms with Crippen LogP contribution in [0.25, 0.3) is 11.0 Å². The zero-order valence-corrected chi connectivity index (χ0v) is 16.1. The van der Waals surface area contributed by atoms with Gasteiger partial charge in [-0.2, -0.15) is 0 Å². The van der Waals surface area contributed by atoms with Gasteiger partial charge in [-0.25, -0.2) is 4.98 Å². The van der Waals surface area contributed by atoms with Crippen LogP contribution in [-0.2, 0) is 11.1 Å². The van der Waals surface area contributed by atoms with Crippen molar-refractivity contribution in [2.24, 2.45) is 0 Å². The van der Waals surface area contributed by atoms with Crippen LogP contribution >= 0.6 is 7.37 Å². The maximum atomic E-state index is 12.7. The fourth-order valence-corrected chi connectivity index (χ4v) is 3.94. The number of hydrogen-bond acceptors (Lipinski definition) is 3. The second kappa shape index (κ2) is 6.88. The Morgan fingerprint density at radius 2 is 1.71 bits per heavy atom. The minimum atomic E-state index is -3.92. The van der Waals surface area contributed by atoms with Crippen molar-refractivity contribution in [2.45, 2.75) is 13.5 Å². The van der Waals surface area contributed by atoms with E-state index in [1.54, 1.807) is 34.9 Å². The molecule has 0 bridgehead atoms. The Kier molecular flexibility index (Phi) is 5.60. The molecule has 0 fully saturated rings. The van der Waals surface area contributed by atoms with Crippen LogP contribution in [0.5, 0.6) is 0 Å². The minimum Gasteiger partial charge on any atom is -0.790 e. The summed E-state index contributed by atoms with van der Waals surface area (Å²) < 4.78 is 14.5. The van der Waals surface area contributed by atoms with Gasteiger partial charge in [-0.15, -0.1) is 0 Å². The molecule has 2 aromatic carbocycles. The van der Waals surface area contributed by atoms with Crippen LogP contribution in [0.2, 0.25) is 0 Å². The summed E-state index contributed by atoms with van der Waals surface area (Å²) in [6.07, 6.45) is 0. The molecule has 6 heteroatoms. The van der Waals surface area contributed by atoms with Crippen LogP contribution in [-0.4, -0.2) is 9.55 Å². The van der Waals surface area contributed by atoms with Gasteiger partial charge in [0.1, 0.15) is 7.37 Å². The molecule has 102 valence electrons. The molecule has 0 aliphatic rings. The molecule has 1 aromatic heterocycles. The summed E-state index contributed by atoms with van der Waals surface area (Å²) >= 11 is 0. The van der Waals surface area contributed by atoms with Crippen molar-refractivity contribution in [2.75, 3.05) is 0 Å². The fraction of sp³-hybridized carbons (Fsp3) is 0.133. The van der Waals surface area contributed by atoms with Crippen molar-refractivity contribution in [3.05, 3.63) is 54.6 Å². The molecular formula is C15H14KN2O2P. The molecule has 0 saturated carbocycles. The molecule has 0 aliphatic heterocycles. The summed E-state index contributed by atoms with van der Waals surface area (Å²) in [4.78, 5) is 17.0. The first-order valence-electron chi connectivity index (χ1n) is 6.47. The molecular weight excluding hydrogens is 310 g/mol. The molecule has 0 saturated heterocycles. The molecule has 21 heavy (non-hydrogen) atoms. The summed E-state index contributed by atoms with van der Waals surface area (Å²) in [6.45, 7) is 2.48. The second-order valence-electron chi connectivity index (χ2n) is 4.53. The third-order valence-corrected chi connectivity index (χ3v) is 5.16. The zero-order chi connectivity index (χ0) is 14.2. The predicted molar refractivity (Wildman–Crippen MR) is 78.7 cm³/mol. The molecule has 3 aromatic rings. The average molecular weight is 324 g/mol. The van der Waals surface area contributed by atoms with Gasteiger partial charge < -0.3 is 14.0 Å². The SMILES string of the molecule is CCn1c(P(=O)([O-])c2ccccc2)nc2ccccc21.[K+]. The first kappa shape index (κ1) is 17.1. The van der Waals surface area contributed by atoms with E-state index in [9.17, 15) is 9.46 Å². The van der Waals surface area contributed by atoms with E-state index < -0.39 is 7.37 Å². The van der Waals surface area contributed by atoms with Gasteiger partial charge in [0.25, 0.3) is 0 Å². The Morgan fingerprint density at radius 1 is 1.10 bits per heavy atom. The second-order valence-corrected chi connectivity index (χ2v) is 6.55. The zero-order valence-electron chi connectivity index (χ0n) is 12.1.